The van der Waals surface area contributed by atoms with E-state index in [2.05, 4.69) is 0 Å². The predicted molar refractivity (Wildman–Crippen MR) is 82.7 cm³/mol. The van der Waals surface area contributed by atoms with Crippen LogP contribution in [0, 0.1) is 13.8 Å². The van der Waals surface area contributed by atoms with E-state index in [9.17, 15) is 0 Å². The molecule has 2 rings (SSSR count). The van der Waals surface area contributed by atoms with Crippen molar-refractivity contribution in [2.75, 3.05) is 0 Å². The zero-order valence-electron chi connectivity index (χ0n) is 10.4. The molecule has 2 nitrogen and oxygen atoms in total. The Morgan fingerprint density at radius 1 is 0.684 bits per heavy atom. The summed E-state index contributed by atoms with van der Waals surface area (Å²) in [6, 6.07) is 7.40. The molecule has 0 saturated carbocycles. The molecule has 2 aromatic heterocycles. The predicted octanol–water partition coefficient (Wildman–Crippen LogP) is 3.57. The van der Waals surface area contributed by atoms with E-state index in [1.165, 1.54) is 7.17 Å². The van der Waals surface area contributed by atoms with E-state index in [1.807, 2.05) is 38.1 Å². The Kier molecular flexibility index (Phi) is 3.43. The first-order chi connectivity index (χ1) is 8.53. The van der Waals surface area contributed by atoms with Gasteiger partial charge in [-0.1, -0.05) is 0 Å². The number of aryl methyl sites for hydroxylation is 2. The van der Waals surface area contributed by atoms with Crippen molar-refractivity contribution in [2.45, 2.75) is 13.8 Å². The molecule has 0 aromatic carbocycles. The Morgan fingerprint density at radius 3 is 1.21 bits per heavy atom. The third kappa shape index (κ3) is 2.87. The Hall–Kier alpha value is -0.0205. The molecule has 0 bridgehead atoms. The number of pyridine rings is 2. The van der Waals surface area contributed by atoms with Crippen molar-refractivity contribution in [3.63, 3.8) is 0 Å². The van der Waals surface area contributed by atoms with Crippen molar-refractivity contribution in [1.82, 2.24) is 0 Å². The summed E-state index contributed by atoms with van der Waals surface area (Å²) in [5.74, 6) is 0. The van der Waals surface area contributed by atoms with Crippen LogP contribution in [0.4, 0.5) is 0 Å². The number of aromatic nitrogens is 2. The third-order valence-electron chi connectivity index (χ3n) is 2.76. The van der Waals surface area contributed by atoms with Crippen molar-refractivity contribution >= 4 is 47.9 Å². The van der Waals surface area contributed by atoms with Crippen LogP contribution in [0.15, 0.2) is 49.1 Å². The first kappa shape index (κ1) is 15.4. The molecule has 19 heavy (non-hydrogen) atoms. The van der Waals surface area contributed by atoms with Crippen molar-refractivity contribution in [2.24, 2.45) is 0 Å². The van der Waals surface area contributed by atoms with Crippen LogP contribution in [-0.2, 0) is 0 Å². The van der Waals surface area contributed by atoms with E-state index in [-0.39, 0.29) is 0 Å². The van der Waals surface area contributed by atoms with Crippen LogP contribution in [0.3, 0.4) is 0 Å². The van der Waals surface area contributed by atoms with Gasteiger partial charge in [0.2, 0.25) is 0 Å². The molecular weight excluding hydrogens is 393 g/mol. The van der Waals surface area contributed by atoms with Crippen LogP contribution in [0.25, 0.3) is 0 Å². The number of halogens is 4. The first-order valence-electron chi connectivity index (χ1n) is 5.50. The van der Waals surface area contributed by atoms with Gasteiger partial charge in [-0.3, -0.25) is 0 Å². The Bertz CT molecular complexity index is 565. The Balaban J connectivity index is 2.71. The van der Waals surface area contributed by atoms with Crippen LogP contribution in [0.2, 0.25) is 0 Å². The summed E-state index contributed by atoms with van der Waals surface area (Å²) in [5, 5.41) is 0. The summed E-state index contributed by atoms with van der Waals surface area (Å²) in [5.41, 5.74) is 2.13. The normalized spacial score (nSPS) is 15.7. The molecule has 0 saturated heterocycles. The fourth-order valence-electron chi connectivity index (χ4n) is 1.56. The van der Waals surface area contributed by atoms with Gasteiger partial charge in [-0.25, -0.2) is 0 Å². The van der Waals surface area contributed by atoms with E-state index in [1.54, 1.807) is 24.8 Å². The molecule has 0 amide bonds. The maximum absolute atomic E-state index is 6.59. The molecular formula is C12H14Cl4N2Se+2. The number of hydrogen-bond donors (Lipinski definition) is 0. The van der Waals surface area contributed by atoms with Crippen LogP contribution in [0.1, 0.15) is 11.1 Å². The second-order valence-electron chi connectivity index (χ2n) is 4.45. The zero-order chi connectivity index (χ0) is 14.4. The molecule has 0 aliphatic heterocycles. The molecule has 2 aromatic rings. The van der Waals surface area contributed by atoms with Gasteiger partial charge in [0.25, 0.3) is 0 Å². The number of nitrogens with zero attached hydrogens (tertiary/aromatic N) is 2. The Morgan fingerprint density at radius 2 is 0.947 bits per heavy atom. The summed E-state index contributed by atoms with van der Waals surface area (Å²) < 4.78 is 2.98. The zero-order valence-corrected chi connectivity index (χ0v) is 15.2. The fraction of sp³-hybridized carbons (Fsp3) is 0.167. The first-order valence-corrected chi connectivity index (χ1v) is 16.0. The fourth-order valence-corrected chi connectivity index (χ4v) is 8.35. The van der Waals surface area contributed by atoms with E-state index >= 15 is 0 Å². The summed E-state index contributed by atoms with van der Waals surface area (Å²) in [7, 11) is 21.0. The van der Waals surface area contributed by atoms with Crippen molar-refractivity contribution in [3.8, 4) is 0 Å². The molecule has 7 heteroatoms. The van der Waals surface area contributed by atoms with Crippen LogP contribution in [-0.4, -0.2) is 7.52 Å². The van der Waals surface area contributed by atoms with Gasteiger partial charge in [0.15, 0.2) is 0 Å². The molecule has 0 aliphatic rings. The van der Waals surface area contributed by atoms with Crippen LogP contribution < -0.4 is 7.17 Å². The monoisotopic (exact) mass is 406 g/mol. The van der Waals surface area contributed by atoms with Gasteiger partial charge in [-0.05, 0) is 0 Å². The third-order valence-corrected chi connectivity index (χ3v) is 13.9. The van der Waals surface area contributed by atoms with Gasteiger partial charge in [0, 0.05) is 0 Å². The van der Waals surface area contributed by atoms with Gasteiger partial charge in [0.05, 0.1) is 0 Å². The maximum atomic E-state index is 6.59. The topological polar surface area (TPSA) is 7.76 Å². The molecule has 0 unspecified atom stereocenters. The molecule has 0 radical (unpaired) electrons. The van der Waals surface area contributed by atoms with Crippen LogP contribution in [0.5, 0.6) is 0 Å². The Labute approximate surface area is 128 Å². The molecule has 0 atom stereocenters. The SMILES string of the molecule is Cc1cc[n+]([Se](Cl)(Cl)(Cl)(Cl)[n+]2ccc(C)cc2)cc1. The van der Waals surface area contributed by atoms with Gasteiger partial charge < -0.3 is 0 Å². The van der Waals surface area contributed by atoms with Crippen molar-refractivity contribution in [1.29, 1.82) is 0 Å². The standard InChI is InChI=1S/C12H14Cl4N2Se/c1-11-3-7-17(8-4-11)19(13,14,15,16)18-9-5-12(2)6-10-18/h3-10H,1-2H3/q+2. The number of rotatable bonds is 2. The second kappa shape index (κ2) is 4.24. The van der Waals surface area contributed by atoms with E-state index in [0.717, 1.165) is 11.1 Å². The summed E-state index contributed by atoms with van der Waals surface area (Å²) >= 11 is 0. The van der Waals surface area contributed by atoms with Gasteiger partial charge in [-0.15, -0.1) is 0 Å². The van der Waals surface area contributed by atoms with E-state index in [0.29, 0.717) is 0 Å². The molecule has 104 valence electrons. The molecule has 0 aliphatic carbocycles. The minimum atomic E-state index is -5.36. The van der Waals surface area contributed by atoms with E-state index < -0.39 is 7.52 Å². The molecule has 0 N–H and O–H groups in total. The van der Waals surface area contributed by atoms with E-state index in [4.69, 9.17) is 40.4 Å². The molecule has 2 heterocycles. The minimum absolute atomic E-state index is 1.06. The van der Waals surface area contributed by atoms with Crippen molar-refractivity contribution < 1.29 is 7.17 Å². The van der Waals surface area contributed by atoms with Gasteiger partial charge in [-0.2, -0.15) is 0 Å². The average Bonchev–Trinajstić information content (AvgIpc) is 2.28. The summed E-state index contributed by atoms with van der Waals surface area (Å²) in [4.78, 5) is 0. The summed E-state index contributed by atoms with van der Waals surface area (Å²) in [6.45, 7) is 3.92. The van der Waals surface area contributed by atoms with Crippen molar-refractivity contribution in [3.05, 3.63) is 60.2 Å². The average molecular weight is 407 g/mol. The quantitative estimate of drug-likeness (QED) is 0.673. The number of hydrogen-bond acceptors (Lipinski definition) is 0. The van der Waals surface area contributed by atoms with Crippen LogP contribution >= 0.6 is 40.4 Å². The second-order valence-corrected chi connectivity index (χ2v) is 30.6. The molecule has 0 spiro atoms. The van der Waals surface area contributed by atoms with Gasteiger partial charge >= 0.3 is 129 Å². The van der Waals surface area contributed by atoms with Gasteiger partial charge in [0.1, 0.15) is 0 Å². The summed E-state index contributed by atoms with van der Waals surface area (Å²) in [6.07, 6.45) is 6.77. The molecule has 0 fully saturated rings.